The van der Waals surface area contributed by atoms with Gasteiger partial charge in [-0.25, -0.2) is 8.42 Å². The summed E-state index contributed by atoms with van der Waals surface area (Å²) in [4.78, 5) is 31.5. The number of fused-ring (bicyclic) bond motifs is 1. The fourth-order valence-electron chi connectivity index (χ4n) is 4.47. The molecule has 1 saturated heterocycles. The molecule has 36 heavy (non-hydrogen) atoms. The lowest BCUT2D eigenvalue weighted by Crippen LogP contribution is -2.30. The van der Waals surface area contributed by atoms with Crippen LogP contribution in [0.2, 0.25) is 0 Å². The number of aliphatic imine (C=N–C) groups is 1. The number of hydrogen-bond acceptors (Lipinski definition) is 7. The van der Waals surface area contributed by atoms with Crippen molar-refractivity contribution >= 4 is 39.0 Å². The molecule has 0 spiro atoms. The smallest absolute Gasteiger partial charge is 0.262 e. The van der Waals surface area contributed by atoms with Crippen LogP contribution in [0, 0.1) is 5.92 Å². The first-order valence-corrected chi connectivity index (χ1v) is 13.5. The van der Waals surface area contributed by atoms with Gasteiger partial charge in [-0.2, -0.15) is 0 Å². The van der Waals surface area contributed by atoms with Crippen molar-refractivity contribution in [1.29, 1.82) is 0 Å². The van der Waals surface area contributed by atoms with Crippen molar-refractivity contribution in [1.82, 2.24) is 4.72 Å². The second kappa shape index (κ2) is 10.2. The second-order valence-electron chi connectivity index (χ2n) is 8.99. The molecule has 0 saturated carbocycles. The molecular weight excluding hydrogens is 484 g/mol. The molecule has 3 aliphatic rings. The number of nitrogens with zero attached hydrogens (tertiary/aromatic N) is 2. The number of amidine groups is 1. The highest BCUT2D eigenvalue weighted by Gasteiger charge is 2.35. The number of ether oxygens (including phenoxy) is 2. The van der Waals surface area contributed by atoms with Gasteiger partial charge in [-0.3, -0.25) is 19.3 Å². The first-order valence-electron chi connectivity index (χ1n) is 12.1. The Hall–Kier alpha value is -3.60. The molecule has 3 heterocycles. The van der Waals surface area contributed by atoms with Crippen LogP contribution in [-0.2, 0) is 19.6 Å². The number of rotatable bonds is 5. The van der Waals surface area contributed by atoms with E-state index in [9.17, 15) is 18.0 Å². The summed E-state index contributed by atoms with van der Waals surface area (Å²) in [5.41, 5.74) is 1.11. The molecule has 5 rings (SSSR count). The number of carbonyl (C=O) groups excluding carboxylic acids is 2. The van der Waals surface area contributed by atoms with Gasteiger partial charge in [-0.15, -0.1) is 0 Å². The Kier molecular flexibility index (Phi) is 6.82. The van der Waals surface area contributed by atoms with E-state index in [1.807, 2.05) is 0 Å². The van der Waals surface area contributed by atoms with Crippen molar-refractivity contribution in [3.05, 3.63) is 42.5 Å². The zero-order valence-electron chi connectivity index (χ0n) is 19.7. The molecule has 0 aromatic heterocycles. The zero-order valence-corrected chi connectivity index (χ0v) is 20.6. The van der Waals surface area contributed by atoms with Crippen LogP contribution in [0.5, 0.6) is 11.5 Å². The highest BCUT2D eigenvalue weighted by molar-refractivity contribution is 7.90. The number of nitrogens with one attached hydrogen (secondary N) is 2. The van der Waals surface area contributed by atoms with Gasteiger partial charge in [-0.05, 0) is 49.2 Å². The largest absolute Gasteiger partial charge is 0.486 e. The number of sulfonamides is 1. The minimum atomic E-state index is -3.75. The van der Waals surface area contributed by atoms with E-state index in [0.717, 1.165) is 19.3 Å². The van der Waals surface area contributed by atoms with Gasteiger partial charge in [0.25, 0.3) is 10.0 Å². The van der Waals surface area contributed by atoms with Crippen LogP contribution in [-0.4, -0.2) is 52.4 Å². The Morgan fingerprint density at radius 1 is 1.00 bits per heavy atom. The topological polar surface area (TPSA) is 126 Å². The molecular formula is C25H28N4O6S. The van der Waals surface area contributed by atoms with E-state index in [-0.39, 0.29) is 29.7 Å². The Balaban J connectivity index is 1.21. The molecule has 3 aliphatic heterocycles. The molecule has 1 fully saturated rings. The first-order chi connectivity index (χ1) is 17.4. The molecule has 1 unspecified atom stereocenters. The van der Waals surface area contributed by atoms with Crippen LogP contribution >= 0.6 is 0 Å². The maximum atomic E-state index is 12.9. The molecule has 0 aliphatic carbocycles. The van der Waals surface area contributed by atoms with Crippen molar-refractivity contribution < 1.29 is 27.5 Å². The summed E-state index contributed by atoms with van der Waals surface area (Å²) in [5, 5.41) is 2.79. The van der Waals surface area contributed by atoms with Crippen LogP contribution in [0.3, 0.4) is 0 Å². The van der Waals surface area contributed by atoms with Crippen LogP contribution in [0.1, 0.15) is 32.1 Å². The van der Waals surface area contributed by atoms with E-state index < -0.39 is 15.9 Å². The van der Waals surface area contributed by atoms with Crippen molar-refractivity contribution in [2.75, 3.05) is 36.5 Å². The van der Waals surface area contributed by atoms with Gasteiger partial charge in [0.15, 0.2) is 11.5 Å². The predicted molar refractivity (Wildman–Crippen MR) is 134 cm³/mol. The van der Waals surface area contributed by atoms with E-state index in [1.54, 1.807) is 23.1 Å². The van der Waals surface area contributed by atoms with E-state index in [0.29, 0.717) is 54.9 Å². The molecule has 1 atom stereocenters. The molecule has 2 N–H and O–H groups in total. The quantitative estimate of drug-likeness (QED) is 0.634. The van der Waals surface area contributed by atoms with E-state index in [1.165, 1.54) is 24.3 Å². The SMILES string of the molecule is O=C(Nc1ccc(S(=O)(=O)NC2=NCCCCC2)cc1)C1CC(=O)N(c2ccc3c(c2)OCCO3)C1. The van der Waals surface area contributed by atoms with Gasteiger partial charge in [0.05, 0.1) is 10.8 Å². The van der Waals surface area contributed by atoms with Gasteiger partial charge < -0.3 is 19.7 Å². The van der Waals surface area contributed by atoms with Gasteiger partial charge >= 0.3 is 0 Å². The van der Waals surface area contributed by atoms with Crippen LogP contribution in [0.25, 0.3) is 0 Å². The highest BCUT2D eigenvalue weighted by atomic mass is 32.2. The van der Waals surface area contributed by atoms with Gasteiger partial charge in [-0.1, -0.05) is 6.42 Å². The van der Waals surface area contributed by atoms with Gasteiger partial charge in [0.2, 0.25) is 11.8 Å². The molecule has 10 nitrogen and oxygen atoms in total. The molecule has 2 amide bonds. The first kappa shape index (κ1) is 24.1. The second-order valence-corrected chi connectivity index (χ2v) is 10.7. The standard InChI is InChI=1S/C25H28N4O6S/c30-24-14-17(16-29(24)19-7-10-21-22(15-19)35-13-12-34-21)25(31)27-18-5-8-20(9-6-18)36(32,33)28-23-4-2-1-3-11-26-23/h5-10,15,17H,1-4,11-14,16H2,(H,26,28)(H,27,31). The van der Waals surface area contributed by atoms with Crippen molar-refractivity contribution in [2.45, 2.75) is 37.0 Å². The summed E-state index contributed by atoms with van der Waals surface area (Å²) < 4.78 is 39.1. The number of amides is 2. The number of benzene rings is 2. The van der Waals surface area contributed by atoms with E-state index >= 15 is 0 Å². The average Bonchev–Trinajstić information content (AvgIpc) is 3.09. The molecule has 0 bridgehead atoms. The lowest BCUT2D eigenvalue weighted by molar-refractivity contribution is -0.122. The summed E-state index contributed by atoms with van der Waals surface area (Å²) in [6, 6.07) is 11.2. The summed E-state index contributed by atoms with van der Waals surface area (Å²) in [6.45, 7) is 1.79. The third-order valence-electron chi connectivity index (χ3n) is 6.39. The predicted octanol–water partition coefficient (Wildman–Crippen LogP) is 2.70. The highest BCUT2D eigenvalue weighted by Crippen LogP contribution is 2.36. The van der Waals surface area contributed by atoms with Gasteiger partial charge in [0.1, 0.15) is 19.0 Å². The van der Waals surface area contributed by atoms with E-state index in [2.05, 4.69) is 15.0 Å². The molecule has 0 radical (unpaired) electrons. The summed E-state index contributed by atoms with van der Waals surface area (Å²) in [7, 11) is -3.75. The molecule has 11 heteroatoms. The summed E-state index contributed by atoms with van der Waals surface area (Å²) in [5.74, 6) is 0.706. The fourth-order valence-corrected chi connectivity index (χ4v) is 5.55. The Morgan fingerprint density at radius 3 is 2.58 bits per heavy atom. The summed E-state index contributed by atoms with van der Waals surface area (Å²) in [6.07, 6.45) is 3.59. The maximum absolute atomic E-state index is 12.9. The van der Waals surface area contributed by atoms with Crippen molar-refractivity contribution in [3.8, 4) is 11.5 Å². The number of anilines is 2. The minimum Gasteiger partial charge on any atom is -0.486 e. The molecule has 2 aromatic rings. The number of hydrogen-bond donors (Lipinski definition) is 2. The Bertz CT molecular complexity index is 1290. The zero-order chi connectivity index (χ0) is 25.1. The average molecular weight is 513 g/mol. The fraction of sp³-hybridized carbons (Fsp3) is 0.400. The van der Waals surface area contributed by atoms with Crippen LogP contribution in [0.15, 0.2) is 52.4 Å². The maximum Gasteiger partial charge on any atom is 0.262 e. The van der Waals surface area contributed by atoms with Crippen molar-refractivity contribution in [3.63, 3.8) is 0 Å². The third-order valence-corrected chi connectivity index (χ3v) is 7.79. The van der Waals surface area contributed by atoms with Crippen LogP contribution in [0.4, 0.5) is 11.4 Å². The normalized spacial score (nSPS) is 19.9. The summed E-state index contributed by atoms with van der Waals surface area (Å²) >= 11 is 0. The van der Waals surface area contributed by atoms with Crippen molar-refractivity contribution in [2.24, 2.45) is 10.9 Å². The lowest BCUT2D eigenvalue weighted by Gasteiger charge is -2.22. The minimum absolute atomic E-state index is 0.0821. The third kappa shape index (κ3) is 5.30. The monoisotopic (exact) mass is 512 g/mol. The Labute approximate surface area is 209 Å². The van der Waals surface area contributed by atoms with E-state index in [4.69, 9.17) is 9.47 Å². The molecule has 2 aromatic carbocycles. The number of carbonyl (C=O) groups is 2. The van der Waals surface area contributed by atoms with Crippen LogP contribution < -0.4 is 24.4 Å². The lowest BCUT2D eigenvalue weighted by atomic mass is 10.1. The Morgan fingerprint density at radius 2 is 1.78 bits per heavy atom. The molecule has 190 valence electrons. The van der Waals surface area contributed by atoms with Gasteiger partial charge in [0, 0.05) is 43.4 Å².